The Hall–Kier alpha value is -0.530. The summed E-state index contributed by atoms with van der Waals surface area (Å²) < 4.78 is 4.69. The van der Waals surface area contributed by atoms with Crippen LogP contribution in [-0.2, 0) is 9.53 Å². The van der Waals surface area contributed by atoms with Gasteiger partial charge in [0, 0.05) is 0 Å². The average Bonchev–Trinajstić information content (AvgIpc) is 2.53. The van der Waals surface area contributed by atoms with Crippen molar-refractivity contribution < 1.29 is 9.53 Å². The maximum Gasteiger partial charge on any atom is 0.308 e. The number of carbonyl (C=O) groups excluding carboxylic acids is 1. The summed E-state index contributed by atoms with van der Waals surface area (Å²) in [7, 11) is 1.47. The Kier molecular flexibility index (Phi) is 2.92. The van der Waals surface area contributed by atoms with E-state index >= 15 is 0 Å². The normalized spacial score (nSPS) is 21.6. The number of hydrogen-bond acceptors (Lipinski definition) is 2. The van der Waals surface area contributed by atoms with E-state index in [0.29, 0.717) is 5.92 Å². The predicted octanol–water partition coefficient (Wildman–Crippen LogP) is 1.99. The molecule has 0 aromatic carbocycles. The van der Waals surface area contributed by atoms with Crippen LogP contribution in [0.3, 0.4) is 0 Å². The minimum atomic E-state index is -0.0445. The molecule has 2 nitrogen and oxygen atoms in total. The van der Waals surface area contributed by atoms with E-state index in [1.54, 1.807) is 0 Å². The second-order valence-corrected chi connectivity index (χ2v) is 3.36. The van der Waals surface area contributed by atoms with Gasteiger partial charge in [-0.05, 0) is 18.8 Å². The first-order valence-electron chi connectivity index (χ1n) is 4.33. The van der Waals surface area contributed by atoms with Gasteiger partial charge in [-0.25, -0.2) is 0 Å². The van der Waals surface area contributed by atoms with E-state index in [2.05, 4.69) is 4.74 Å². The Bertz CT molecular complexity index is 136. The van der Waals surface area contributed by atoms with Gasteiger partial charge in [-0.1, -0.05) is 19.8 Å². The molecule has 0 spiro atoms. The van der Waals surface area contributed by atoms with Gasteiger partial charge in [-0.2, -0.15) is 0 Å². The van der Waals surface area contributed by atoms with Crippen molar-refractivity contribution in [2.45, 2.75) is 32.6 Å². The van der Waals surface area contributed by atoms with Gasteiger partial charge in [0.1, 0.15) is 0 Å². The van der Waals surface area contributed by atoms with Crippen LogP contribution in [0.1, 0.15) is 32.6 Å². The van der Waals surface area contributed by atoms with Crippen LogP contribution in [0.15, 0.2) is 0 Å². The van der Waals surface area contributed by atoms with Crippen LogP contribution in [0, 0.1) is 11.8 Å². The highest BCUT2D eigenvalue weighted by atomic mass is 16.5. The van der Waals surface area contributed by atoms with Gasteiger partial charge < -0.3 is 4.74 Å². The fraction of sp³-hybridized carbons (Fsp3) is 0.889. The summed E-state index contributed by atoms with van der Waals surface area (Å²) in [6, 6.07) is 0. The molecule has 1 atom stereocenters. The highest BCUT2D eigenvalue weighted by Crippen LogP contribution is 2.31. The summed E-state index contributed by atoms with van der Waals surface area (Å²) in [5.74, 6) is 0.654. The van der Waals surface area contributed by atoms with Gasteiger partial charge in [0.2, 0.25) is 0 Å². The first kappa shape index (κ1) is 8.57. The number of hydrogen-bond donors (Lipinski definition) is 0. The van der Waals surface area contributed by atoms with E-state index in [4.69, 9.17) is 0 Å². The third-order valence-corrected chi connectivity index (χ3v) is 2.68. The molecule has 0 radical (unpaired) electrons. The third-order valence-electron chi connectivity index (χ3n) is 2.68. The number of esters is 1. The molecule has 0 heterocycles. The summed E-state index contributed by atoms with van der Waals surface area (Å²) in [6.07, 6.45) is 4.98. The van der Waals surface area contributed by atoms with E-state index < -0.39 is 0 Å². The maximum absolute atomic E-state index is 11.1. The number of ether oxygens (including phenoxy) is 1. The molecule has 0 bridgehead atoms. The molecule has 0 aromatic rings. The van der Waals surface area contributed by atoms with Crippen molar-refractivity contribution in [3.8, 4) is 0 Å². The van der Waals surface area contributed by atoms with Crippen LogP contribution in [0.25, 0.3) is 0 Å². The summed E-state index contributed by atoms with van der Waals surface area (Å²) in [5, 5.41) is 0. The van der Waals surface area contributed by atoms with E-state index in [-0.39, 0.29) is 11.9 Å². The highest BCUT2D eigenvalue weighted by molar-refractivity contribution is 5.72. The molecule has 1 aliphatic rings. The fourth-order valence-electron chi connectivity index (χ4n) is 1.84. The molecule has 1 saturated carbocycles. The SMILES string of the molecule is COC(=O)C(C)C1CCCC1. The minimum absolute atomic E-state index is 0.0445. The molecule has 11 heavy (non-hydrogen) atoms. The summed E-state index contributed by atoms with van der Waals surface area (Å²) in [4.78, 5) is 11.1. The molecular weight excluding hydrogens is 140 g/mol. The number of rotatable bonds is 2. The first-order valence-corrected chi connectivity index (χ1v) is 4.33. The first-order chi connectivity index (χ1) is 5.25. The second-order valence-electron chi connectivity index (χ2n) is 3.36. The van der Waals surface area contributed by atoms with Gasteiger partial charge >= 0.3 is 5.97 Å². The van der Waals surface area contributed by atoms with Crippen LogP contribution < -0.4 is 0 Å². The maximum atomic E-state index is 11.1. The molecule has 1 aliphatic carbocycles. The average molecular weight is 156 g/mol. The minimum Gasteiger partial charge on any atom is -0.469 e. The van der Waals surface area contributed by atoms with E-state index in [9.17, 15) is 4.79 Å². The summed E-state index contributed by atoms with van der Waals surface area (Å²) in [6.45, 7) is 1.97. The van der Waals surface area contributed by atoms with Gasteiger partial charge in [0.25, 0.3) is 0 Å². The van der Waals surface area contributed by atoms with Crippen molar-refractivity contribution >= 4 is 5.97 Å². The second kappa shape index (κ2) is 3.74. The molecule has 0 N–H and O–H groups in total. The van der Waals surface area contributed by atoms with Crippen LogP contribution >= 0.6 is 0 Å². The van der Waals surface area contributed by atoms with Crippen LogP contribution in [0.2, 0.25) is 0 Å². The third kappa shape index (κ3) is 1.95. The Labute approximate surface area is 67.9 Å². The van der Waals surface area contributed by atoms with Gasteiger partial charge in [0.05, 0.1) is 13.0 Å². The molecule has 0 saturated heterocycles. The van der Waals surface area contributed by atoms with Gasteiger partial charge in [0.15, 0.2) is 0 Å². The molecule has 1 unspecified atom stereocenters. The van der Waals surface area contributed by atoms with Crippen molar-refractivity contribution in [2.75, 3.05) is 7.11 Å². The van der Waals surface area contributed by atoms with Crippen molar-refractivity contribution in [3.05, 3.63) is 0 Å². The van der Waals surface area contributed by atoms with E-state index in [1.165, 1.54) is 32.8 Å². The number of methoxy groups -OCH3 is 1. The summed E-state index contributed by atoms with van der Waals surface area (Å²) >= 11 is 0. The van der Waals surface area contributed by atoms with Gasteiger partial charge in [-0.15, -0.1) is 0 Å². The Balaban J connectivity index is 2.39. The quantitative estimate of drug-likeness (QED) is 0.571. The van der Waals surface area contributed by atoms with Crippen LogP contribution in [-0.4, -0.2) is 13.1 Å². The van der Waals surface area contributed by atoms with Crippen LogP contribution in [0.5, 0.6) is 0 Å². The number of carbonyl (C=O) groups is 1. The van der Waals surface area contributed by atoms with Crippen molar-refractivity contribution in [1.29, 1.82) is 0 Å². The lowest BCUT2D eigenvalue weighted by Gasteiger charge is -2.15. The zero-order valence-corrected chi connectivity index (χ0v) is 7.30. The lowest BCUT2D eigenvalue weighted by Crippen LogP contribution is -2.19. The van der Waals surface area contributed by atoms with Crippen molar-refractivity contribution in [3.63, 3.8) is 0 Å². The molecule has 0 aromatic heterocycles. The molecular formula is C9H16O2. The van der Waals surface area contributed by atoms with E-state index in [1.807, 2.05) is 6.92 Å². The Morgan fingerprint density at radius 3 is 2.45 bits per heavy atom. The Morgan fingerprint density at radius 2 is 2.00 bits per heavy atom. The lowest BCUT2D eigenvalue weighted by atomic mass is 9.93. The molecule has 0 amide bonds. The fourth-order valence-corrected chi connectivity index (χ4v) is 1.84. The smallest absolute Gasteiger partial charge is 0.308 e. The zero-order valence-electron chi connectivity index (χ0n) is 7.30. The van der Waals surface area contributed by atoms with Crippen molar-refractivity contribution in [2.24, 2.45) is 11.8 Å². The Morgan fingerprint density at radius 1 is 1.45 bits per heavy atom. The monoisotopic (exact) mass is 156 g/mol. The standard InChI is InChI=1S/C9H16O2/c1-7(9(10)11-2)8-5-3-4-6-8/h7-8H,3-6H2,1-2H3. The summed E-state index contributed by atoms with van der Waals surface area (Å²) in [5.41, 5.74) is 0. The molecule has 1 fully saturated rings. The molecule has 64 valence electrons. The van der Waals surface area contributed by atoms with Gasteiger partial charge in [-0.3, -0.25) is 4.79 Å². The topological polar surface area (TPSA) is 26.3 Å². The molecule has 2 heteroatoms. The predicted molar refractivity (Wildman–Crippen MR) is 43.1 cm³/mol. The van der Waals surface area contributed by atoms with E-state index in [0.717, 1.165) is 0 Å². The van der Waals surface area contributed by atoms with Crippen molar-refractivity contribution in [1.82, 2.24) is 0 Å². The lowest BCUT2D eigenvalue weighted by molar-refractivity contribution is -0.146. The molecule has 0 aliphatic heterocycles. The molecule has 1 rings (SSSR count). The highest BCUT2D eigenvalue weighted by Gasteiger charge is 2.26. The largest absolute Gasteiger partial charge is 0.469 e. The zero-order chi connectivity index (χ0) is 8.27. The van der Waals surface area contributed by atoms with Crippen LogP contribution in [0.4, 0.5) is 0 Å².